The van der Waals surface area contributed by atoms with E-state index in [0.717, 1.165) is 26.0 Å². The minimum Gasteiger partial charge on any atom is -0.399 e. The molecule has 3 N–H and O–H groups in total. The number of nitrogens with one attached hydrogen (secondary N) is 1. The van der Waals surface area contributed by atoms with Gasteiger partial charge in [0.1, 0.15) is 0 Å². The Morgan fingerprint density at radius 1 is 1.38 bits per heavy atom. The average Bonchev–Trinajstić information content (AvgIpc) is 2.63. The molecule has 0 spiro atoms. The first-order valence-electron chi connectivity index (χ1n) is 4.67. The van der Waals surface area contributed by atoms with Crippen molar-refractivity contribution in [2.45, 2.75) is 6.54 Å². The average molecular weight is 409 g/mol. The van der Waals surface area contributed by atoms with Gasteiger partial charge in [0.25, 0.3) is 0 Å². The number of anilines is 2. The summed E-state index contributed by atoms with van der Waals surface area (Å²) in [7, 11) is 0. The lowest BCUT2D eigenvalue weighted by molar-refractivity contribution is 1.18. The molecule has 5 heteroatoms. The van der Waals surface area contributed by atoms with Gasteiger partial charge in [-0.15, -0.1) is 11.3 Å². The van der Waals surface area contributed by atoms with E-state index in [1.807, 2.05) is 18.2 Å². The van der Waals surface area contributed by atoms with Gasteiger partial charge in [-0.05, 0) is 68.2 Å². The monoisotopic (exact) mass is 408 g/mol. The van der Waals surface area contributed by atoms with Crippen LogP contribution in [0.1, 0.15) is 4.88 Å². The highest BCUT2D eigenvalue weighted by molar-refractivity contribution is 14.1. The van der Waals surface area contributed by atoms with E-state index >= 15 is 0 Å². The Hall–Kier alpha value is -0.270. The second-order valence-corrected chi connectivity index (χ2v) is 6.30. The van der Waals surface area contributed by atoms with Crippen molar-refractivity contribution in [3.05, 3.63) is 42.6 Å². The zero-order valence-corrected chi connectivity index (χ0v) is 12.9. The number of thiophene rings is 1. The molecule has 16 heavy (non-hydrogen) atoms. The molecule has 2 nitrogen and oxygen atoms in total. The summed E-state index contributed by atoms with van der Waals surface area (Å²) < 4.78 is 2.31. The van der Waals surface area contributed by atoms with Gasteiger partial charge in [-0.25, -0.2) is 0 Å². The number of rotatable bonds is 3. The van der Waals surface area contributed by atoms with Crippen LogP contribution < -0.4 is 11.1 Å². The molecule has 0 bridgehead atoms. The van der Waals surface area contributed by atoms with Crippen LogP contribution >= 0.6 is 49.9 Å². The van der Waals surface area contributed by atoms with Crippen LogP contribution in [0.2, 0.25) is 0 Å². The molecule has 2 aromatic rings. The Morgan fingerprint density at radius 3 is 2.81 bits per heavy atom. The summed E-state index contributed by atoms with van der Waals surface area (Å²) >= 11 is 7.54. The Morgan fingerprint density at radius 2 is 2.19 bits per heavy atom. The van der Waals surface area contributed by atoms with E-state index < -0.39 is 0 Å². The molecule has 0 aliphatic carbocycles. The SMILES string of the molecule is Nc1ccc(NCc2sccc2Br)c(I)c1. The summed E-state index contributed by atoms with van der Waals surface area (Å²) in [6.07, 6.45) is 0. The Labute approximate surface area is 121 Å². The Balaban J connectivity index is 2.08. The van der Waals surface area contributed by atoms with Gasteiger partial charge in [-0.3, -0.25) is 0 Å². The fourth-order valence-corrected chi connectivity index (χ4v) is 3.46. The zero-order chi connectivity index (χ0) is 11.5. The van der Waals surface area contributed by atoms with Crippen LogP contribution in [-0.4, -0.2) is 0 Å². The molecule has 0 unspecified atom stereocenters. The highest BCUT2D eigenvalue weighted by Gasteiger charge is 2.03. The first-order chi connectivity index (χ1) is 7.66. The minimum absolute atomic E-state index is 0.798. The maximum atomic E-state index is 5.70. The maximum absolute atomic E-state index is 5.70. The molecular weight excluding hydrogens is 399 g/mol. The van der Waals surface area contributed by atoms with E-state index in [-0.39, 0.29) is 0 Å². The number of hydrogen-bond donors (Lipinski definition) is 2. The summed E-state index contributed by atoms with van der Waals surface area (Å²) in [5.74, 6) is 0. The van der Waals surface area contributed by atoms with Crippen LogP contribution in [0.5, 0.6) is 0 Å². The number of nitrogen functional groups attached to an aromatic ring is 1. The lowest BCUT2D eigenvalue weighted by atomic mass is 10.3. The van der Waals surface area contributed by atoms with Crippen LogP contribution in [0, 0.1) is 3.57 Å². The van der Waals surface area contributed by atoms with E-state index in [2.05, 4.69) is 55.3 Å². The number of halogens is 2. The molecule has 0 atom stereocenters. The van der Waals surface area contributed by atoms with E-state index in [4.69, 9.17) is 5.73 Å². The molecule has 0 saturated heterocycles. The molecule has 0 aliphatic heterocycles. The van der Waals surface area contributed by atoms with Crippen molar-refractivity contribution < 1.29 is 0 Å². The lowest BCUT2D eigenvalue weighted by Crippen LogP contribution is -2.00. The van der Waals surface area contributed by atoms with Crippen molar-refractivity contribution >= 4 is 61.2 Å². The molecule has 1 aromatic heterocycles. The molecule has 2 rings (SSSR count). The van der Waals surface area contributed by atoms with E-state index in [0.29, 0.717) is 0 Å². The second kappa shape index (κ2) is 5.37. The van der Waals surface area contributed by atoms with Crippen LogP contribution in [0.15, 0.2) is 34.1 Å². The van der Waals surface area contributed by atoms with Crippen LogP contribution in [0.25, 0.3) is 0 Å². The largest absolute Gasteiger partial charge is 0.399 e. The third kappa shape index (κ3) is 2.89. The third-order valence-corrected chi connectivity index (χ3v) is 4.94. The van der Waals surface area contributed by atoms with Gasteiger partial charge in [0.15, 0.2) is 0 Å². The summed E-state index contributed by atoms with van der Waals surface area (Å²) in [5, 5.41) is 5.48. The van der Waals surface area contributed by atoms with Crippen molar-refractivity contribution in [1.29, 1.82) is 0 Å². The van der Waals surface area contributed by atoms with Crippen molar-refractivity contribution in [2.24, 2.45) is 0 Å². The zero-order valence-electron chi connectivity index (χ0n) is 8.34. The number of nitrogens with two attached hydrogens (primary N) is 1. The quantitative estimate of drug-likeness (QED) is 0.586. The number of hydrogen-bond acceptors (Lipinski definition) is 3. The fraction of sp³-hybridized carbons (Fsp3) is 0.0909. The lowest BCUT2D eigenvalue weighted by Gasteiger charge is -2.08. The minimum atomic E-state index is 0.798. The van der Waals surface area contributed by atoms with E-state index in [9.17, 15) is 0 Å². The third-order valence-electron chi connectivity index (χ3n) is 2.12. The van der Waals surface area contributed by atoms with Crippen molar-refractivity contribution in [2.75, 3.05) is 11.1 Å². The molecule has 84 valence electrons. The first kappa shape index (κ1) is 12.2. The van der Waals surface area contributed by atoms with Crippen molar-refractivity contribution in [1.82, 2.24) is 0 Å². The molecule has 0 saturated carbocycles. The van der Waals surface area contributed by atoms with Gasteiger partial charge in [0.05, 0.1) is 6.54 Å². The van der Waals surface area contributed by atoms with Gasteiger partial charge in [0.2, 0.25) is 0 Å². The standard InChI is InChI=1S/C11H10BrIN2S/c12-8-3-4-16-11(8)6-15-10-2-1-7(14)5-9(10)13/h1-5,15H,6,14H2. The van der Waals surface area contributed by atoms with Gasteiger partial charge >= 0.3 is 0 Å². The van der Waals surface area contributed by atoms with Gasteiger partial charge in [-0.1, -0.05) is 0 Å². The van der Waals surface area contributed by atoms with Crippen LogP contribution in [0.4, 0.5) is 11.4 Å². The van der Waals surface area contributed by atoms with E-state index in [1.54, 1.807) is 11.3 Å². The molecular formula is C11H10BrIN2S. The molecule has 1 heterocycles. The topological polar surface area (TPSA) is 38.0 Å². The predicted octanol–water partition coefficient (Wildman–Crippen LogP) is 4.31. The van der Waals surface area contributed by atoms with Crippen LogP contribution in [0.3, 0.4) is 0 Å². The molecule has 0 aliphatic rings. The maximum Gasteiger partial charge on any atom is 0.0505 e. The van der Waals surface area contributed by atoms with Gasteiger partial charge in [-0.2, -0.15) is 0 Å². The van der Waals surface area contributed by atoms with Gasteiger partial charge in [0, 0.05) is 24.3 Å². The summed E-state index contributed by atoms with van der Waals surface area (Å²) in [4.78, 5) is 1.30. The fourth-order valence-electron chi connectivity index (χ4n) is 1.30. The highest BCUT2D eigenvalue weighted by Crippen LogP contribution is 2.25. The normalized spacial score (nSPS) is 10.4. The molecule has 0 radical (unpaired) electrons. The van der Waals surface area contributed by atoms with Crippen molar-refractivity contribution in [3.8, 4) is 0 Å². The molecule has 1 aromatic carbocycles. The summed E-state index contributed by atoms with van der Waals surface area (Å²) in [6, 6.07) is 7.95. The summed E-state index contributed by atoms with van der Waals surface area (Å²) in [6.45, 7) is 0.832. The van der Waals surface area contributed by atoms with E-state index in [1.165, 1.54) is 4.88 Å². The van der Waals surface area contributed by atoms with Gasteiger partial charge < -0.3 is 11.1 Å². The second-order valence-electron chi connectivity index (χ2n) is 3.28. The van der Waals surface area contributed by atoms with Crippen LogP contribution in [-0.2, 0) is 6.54 Å². The summed E-state index contributed by atoms with van der Waals surface area (Å²) in [5.41, 5.74) is 7.62. The first-order valence-corrected chi connectivity index (χ1v) is 7.43. The Bertz CT molecular complexity index is 498. The molecule has 0 fully saturated rings. The van der Waals surface area contributed by atoms with Crippen molar-refractivity contribution in [3.63, 3.8) is 0 Å². The predicted molar refractivity (Wildman–Crippen MR) is 82.9 cm³/mol. The Kier molecular flexibility index (Phi) is 4.10. The smallest absolute Gasteiger partial charge is 0.0505 e. The number of benzene rings is 1. The molecule has 0 amide bonds. The highest BCUT2D eigenvalue weighted by atomic mass is 127.